The molecule has 0 aliphatic carbocycles. The van der Waals surface area contributed by atoms with Gasteiger partial charge in [-0.25, -0.2) is 4.39 Å². The Balaban J connectivity index is 1.73. The van der Waals surface area contributed by atoms with E-state index in [2.05, 4.69) is 4.90 Å². The van der Waals surface area contributed by atoms with Gasteiger partial charge in [0.15, 0.2) is 0 Å². The Morgan fingerprint density at radius 2 is 2.40 bits per heavy atom. The minimum absolute atomic E-state index is 0.0732. The molecule has 0 spiro atoms. The molecule has 110 valence electrons. The third kappa shape index (κ3) is 2.46. The van der Waals surface area contributed by atoms with E-state index in [-0.39, 0.29) is 16.3 Å². The number of rotatable bonds is 4. The van der Waals surface area contributed by atoms with Gasteiger partial charge in [0, 0.05) is 43.6 Å². The van der Waals surface area contributed by atoms with Crippen LogP contribution in [0.1, 0.15) is 5.56 Å². The number of hydrogen-bond donors (Lipinski definition) is 0. The van der Waals surface area contributed by atoms with Gasteiger partial charge in [-0.15, -0.1) is 0 Å². The second-order valence-corrected chi connectivity index (χ2v) is 6.30. The predicted molar refractivity (Wildman–Crippen MR) is 75.3 cm³/mol. The number of methoxy groups -OCH3 is 1. The van der Waals surface area contributed by atoms with Crippen molar-refractivity contribution in [2.75, 3.05) is 40.0 Å². The smallest absolute Gasteiger partial charge is 0.146 e. The number of likely N-dealkylation sites (tertiary alicyclic amines) is 1. The van der Waals surface area contributed by atoms with E-state index in [1.165, 1.54) is 0 Å². The molecular formula is C15H19ClFNO2. The number of halogens is 2. The number of benzene rings is 1. The van der Waals surface area contributed by atoms with E-state index in [9.17, 15) is 4.39 Å². The van der Waals surface area contributed by atoms with Crippen LogP contribution in [0.15, 0.2) is 18.2 Å². The molecule has 0 N–H and O–H groups in total. The van der Waals surface area contributed by atoms with Crippen LogP contribution in [-0.2, 0) is 16.0 Å². The van der Waals surface area contributed by atoms with Crippen LogP contribution >= 0.6 is 11.6 Å². The van der Waals surface area contributed by atoms with E-state index in [0.29, 0.717) is 24.6 Å². The first kappa shape index (κ1) is 14.3. The number of hydrogen-bond acceptors (Lipinski definition) is 3. The zero-order chi connectivity index (χ0) is 14.2. The lowest BCUT2D eigenvalue weighted by molar-refractivity contribution is 0.0532. The van der Waals surface area contributed by atoms with Gasteiger partial charge in [-0.1, -0.05) is 23.7 Å². The first-order chi connectivity index (χ1) is 9.64. The largest absolute Gasteiger partial charge is 0.384 e. The SMILES string of the molecule is COC[C@@]12COC[C@@H]1CN(Cc1cccc(Cl)c1F)C2. The summed E-state index contributed by atoms with van der Waals surface area (Å²) in [5.41, 5.74) is 0.732. The van der Waals surface area contributed by atoms with Crippen LogP contribution in [0.4, 0.5) is 4.39 Å². The minimum atomic E-state index is -0.303. The molecule has 0 aromatic heterocycles. The van der Waals surface area contributed by atoms with Crippen LogP contribution < -0.4 is 0 Å². The summed E-state index contributed by atoms with van der Waals surface area (Å²) >= 11 is 5.84. The fourth-order valence-corrected chi connectivity index (χ4v) is 3.66. The first-order valence-corrected chi connectivity index (χ1v) is 7.24. The van der Waals surface area contributed by atoms with Crippen molar-refractivity contribution in [2.24, 2.45) is 11.3 Å². The summed E-state index contributed by atoms with van der Waals surface area (Å²) in [5.74, 6) is 0.174. The summed E-state index contributed by atoms with van der Waals surface area (Å²) in [6.07, 6.45) is 0. The summed E-state index contributed by atoms with van der Waals surface area (Å²) in [7, 11) is 1.73. The number of fused-ring (bicyclic) bond motifs is 1. The highest BCUT2D eigenvalue weighted by Gasteiger charge is 2.50. The van der Waals surface area contributed by atoms with Crippen molar-refractivity contribution >= 4 is 11.6 Å². The number of nitrogens with zero attached hydrogens (tertiary/aromatic N) is 1. The molecule has 0 saturated carbocycles. The van der Waals surface area contributed by atoms with E-state index in [0.717, 1.165) is 26.3 Å². The lowest BCUT2D eigenvalue weighted by Crippen LogP contribution is -2.35. The Labute approximate surface area is 123 Å². The molecule has 2 fully saturated rings. The normalized spacial score (nSPS) is 29.9. The van der Waals surface area contributed by atoms with Gasteiger partial charge < -0.3 is 9.47 Å². The van der Waals surface area contributed by atoms with Crippen molar-refractivity contribution < 1.29 is 13.9 Å². The van der Waals surface area contributed by atoms with Crippen molar-refractivity contribution in [3.05, 3.63) is 34.6 Å². The lowest BCUT2D eigenvalue weighted by Gasteiger charge is -2.26. The predicted octanol–water partition coefficient (Wildman–Crippen LogP) is 2.57. The van der Waals surface area contributed by atoms with Gasteiger partial charge in [-0.2, -0.15) is 0 Å². The molecule has 2 saturated heterocycles. The average molecular weight is 300 g/mol. The monoisotopic (exact) mass is 299 g/mol. The topological polar surface area (TPSA) is 21.7 Å². The van der Waals surface area contributed by atoms with Crippen molar-refractivity contribution in [3.63, 3.8) is 0 Å². The van der Waals surface area contributed by atoms with Gasteiger partial charge >= 0.3 is 0 Å². The quantitative estimate of drug-likeness (QED) is 0.853. The average Bonchev–Trinajstić information content (AvgIpc) is 2.92. The van der Waals surface area contributed by atoms with Crippen molar-refractivity contribution in [1.29, 1.82) is 0 Å². The van der Waals surface area contributed by atoms with Crippen molar-refractivity contribution in [2.45, 2.75) is 6.54 Å². The molecule has 1 aromatic carbocycles. The highest BCUT2D eigenvalue weighted by molar-refractivity contribution is 6.30. The summed E-state index contributed by atoms with van der Waals surface area (Å²) in [4.78, 5) is 2.28. The second-order valence-electron chi connectivity index (χ2n) is 5.89. The van der Waals surface area contributed by atoms with Crippen LogP contribution in [0, 0.1) is 17.2 Å². The molecule has 0 bridgehead atoms. The fraction of sp³-hybridized carbons (Fsp3) is 0.600. The van der Waals surface area contributed by atoms with E-state index < -0.39 is 0 Å². The van der Waals surface area contributed by atoms with E-state index in [1.54, 1.807) is 25.3 Å². The van der Waals surface area contributed by atoms with Gasteiger partial charge in [0.1, 0.15) is 5.82 Å². The maximum atomic E-state index is 14.0. The molecule has 1 aromatic rings. The molecule has 2 aliphatic rings. The molecular weight excluding hydrogens is 281 g/mol. The molecule has 3 nitrogen and oxygen atoms in total. The maximum absolute atomic E-state index is 14.0. The van der Waals surface area contributed by atoms with Crippen LogP contribution in [0.3, 0.4) is 0 Å². The summed E-state index contributed by atoms with van der Waals surface area (Å²) in [6, 6.07) is 5.18. The molecule has 0 amide bonds. The Bertz CT molecular complexity index is 499. The molecule has 5 heteroatoms. The highest BCUT2D eigenvalue weighted by atomic mass is 35.5. The zero-order valence-electron chi connectivity index (χ0n) is 11.6. The molecule has 20 heavy (non-hydrogen) atoms. The highest BCUT2D eigenvalue weighted by Crippen LogP contribution is 2.42. The van der Waals surface area contributed by atoms with Gasteiger partial charge in [0.25, 0.3) is 0 Å². The van der Waals surface area contributed by atoms with E-state index in [4.69, 9.17) is 21.1 Å². The third-order valence-corrected chi connectivity index (χ3v) is 4.74. The summed E-state index contributed by atoms with van der Waals surface area (Å²) in [5, 5.41) is 0.192. The molecule has 0 unspecified atom stereocenters. The molecule has 2 aliphatic heterocycles. The van der Waals surface area contributed by atoms with Gasteiger partial charge in [0.05, 0.1) is 24.8 Å². The third-order valence-electron chi connectivity index (χ3n) is 4.45. The van der Waals surface area contributed by atoms with Crippen molar-refractivity contribution in [3.8, 4) is 0 Å². The van der Waals surface area contributed by atoms with E-state index >= 15 is 0 Å². The Morgan fingerprint density at radius 1 is 1.55 bits per heavy atom. The van der Waals surface area contributed by atoms with Gasteiger partial charge in [-0.05, 0) is 6.07 Å². The Hall–Kier alpha value is -0.680. The molecule has 0 radical (unpaired) electrons. The van der Waals surface area contributed by atoms with E-state index in [1.807, 2.05) is 0 Å². The zero-order valence-corrected chi connectivity index (χ0v) is 12.3. The second kappa shape index (κ2) is 5.60. The number of ether oxygens (including phenoxy) is 2. The molecule has 3 rings (SSSR count). The summed E-state index contributed by atoms with van der Waals surface area (Å²) in [6.45, 7) is 4.62. The standard InChI is InChI=1S/C15H19ClFNO2/c1-19-9-15-8-18(6-12(15)7-20-10-15)5-11-3-2-4-13(16)14(11)17/h2-4,12H,5-10H2,1H3/t12-,15-/m0/s1. The first-order valence-electron chi connectivity index (χ1n) is 6.86. The fourth-order valence-electron chi connectivity index (χ4n) is 3.47. The van der Waals surface area contributed by atoms with Crippen LogP contribution in [0.25, 0.3) is 0 Å². The Kier molecular flexibility index (Phi) is 4.00. The molecule has 2 atom stereocenters. The maximum Gasteiger partial charge on any atom is 0.146 e. The minimum Gasteiger partial charge on any atom is -0.384 e. The van der Waals surface area contributed by atoms with Crippen molar-refractivity contribution in [1.82, 2.24) is 4.90 Å². The van der Waals surface area contributed by atoms with Crippen LogP contribution in [-0.4, -0.2) is 44.9 Å². The van der Waals surface area contributed by atoms with Crippen LogP contribution in [0.2, 0.25) is 5.02 Å². The molecule has 2 heterocycles. The lowest BCUT2D eigenvalue weighted by atomic mass is 9.82. The summed E-state index contributed by atoms with van der Waals surface area (Å²) < 4.78 is 25.0. The van der Waals surface area contributed by atoms with Crippen LogP contribution in [0.5, 0.6) is 0 Å². The van der Waals surface area contributed by atoms with Gasteiger partial charge in [0.2, 0.25) is 0 Å². The Morgan fingerprint density at radius 3 is 3.20 bits per heavy atom. The van der Waals surface area contributed by atoms with Gasteiger partial charge in [-0.3, -0.25) is 4.90 Å².